The predicted octanol–water partition coefficient (Wildman–Crippen LogP) is 14.6. The van der Waals surface area contributed by atoms with Crippen molar-refractivity contribution in [3.63, 3.8) is 0 Å². The Bertz CT molecular complexity index is 2760. The van der Waals surface area contributed by atoms with E-state index in [1.165, 1.54) is 42.0 Å². The van der Waals surface area contributed by atoms with Crippen LogP contribution in [0.2, 0.25) is 0 Å². The minimum absolute atomic E-state index is 0.0141. The summed E-state index contributed by atoms with van der Waals surface area (Å²) in [6.07, 6.45) is -0.373. The van der Waals surface area contributed by atoms with Gasteiger partial charge < -0.3 is 25.4 Å². The van der Waals surface area contributed by atoms with Crippen molar-refractivity contribution in [1.82, 2.24) is 16.0 Å². The molecule has 3 atom stereocenters. The first-order chi connectivity index (χ1) is 36.4. The highest BCUT2D eigenvalue weighted by molar-refractivity contribution is 5.86. The Kier molecular flexibility index (Phi) is 21.1. The molecule has 0 saturated carbocycles. The molecular formula is C62H72F3N5O6. The Hall–Kier alpha value is -7.61. The minimum Gasteiger partial charge on any atom is -0.448 e. The Balaban J connectivity index is 0.000000223. The number of ether oxygens (including phenoxy) is 2. The monoisotopic (exact) mass is 1040 g/mol. The molecule has 5 N–H and O–H groups in total. The molecule has 76 heavy (non-hydrogen) atoms. The molecule has 0 fully saturated rings. The summed E-state index contributed by atoms with van der Waals surface area (Å²) in [5, 5.41) is 13.3. The Morgan fingerprint density at radius 3 is 1.14 bits per heavy atom. The smallest absolute Gasteiger partial charge is 0.448 e. The van der Waals surface area contributed by atoms with Gasteiger partial charge in [-0.05, 0) is 126 Å². The van der Waals surface area contributed by atoms with Gasteiger partial charge in [-0.15, -0.1) is 0 Å². The van der Waals surface area contributed by atoms with Crippen molar-refractivity contribution in [2.75, 3.05) is 23.8 Å². The van der Waals surface area contributed by atoms with Gasteiger partial charge >= 0.3 is 30.3 Å². The van der Waals surface area contributed by atoms with Crippen LogP contribution in [0.1, 0.15) is 119 Å². The lowest BCUT2D eigenvalue weighted by Gasteiger charge is -2.18. The Labute approximate surface area is 445 Å². The maximum Gasteiger partial charge on any atom is 0.471 e. The van der Waals surface area contributed by atoms with Gasteiger partial charge in [0.2, 0.25) is 0 Å². The molecule has 0 radical (unpaired) electrons. The topological polar surface area (TPSA) is 147 Å². The normalized spacial score (nSPS) is 13.4. The van der Waals surface area contributed by atoms with E-state index in [1.807, 2.05) is 104 Å². The van der Waals surface area contributed by atoms with Gasteiger partial charge in [0.25, 0.3) is 0 Å². The fourth-order valence-electron chi connectivity index (χ4n) is 9.64. The fraction of sp³-hybridized carbons (Fsp3) is 0.355. The van der Waals surface area contributed by atoms with Crippen LogP contribution in [0.15, 0.2) is 146 Å². The summed E-state index contributed by atoms with van der Waals surface area (Å²) < 4.78 is 48.2. The minimum atomic E-state index is -4.91. The molecule has 0 heterocycles. The molecule has 0 bridgehead atoms. The molecule has 2 aliphatic rings. The second-order valence-electron chi connectivity index (χ2n) is 20.0. The zero-order valence-corrected chi connectivity index (χ0v) is 44.6. The van der Waals surface area contributed by atoms with Crippen LogP contribution in [0, 0.1) is 5.92 Å². The first-order valence-electron chi connectivity index (χ1n) is 26.3. The van der Waals surface area contributed by atoms with Gasteiger partial charge in [-0.3, -0.25) is 15.4 Å². The van der Waals surface area contributed by atoms with E-state index < -0.39 is 30.3 Å². The average molecular weight is 1040 g/mol. The summed E-state index contributed by atoms with van der Waals surface area (Å²) in [4.78, 5) is 48.1. The highest BCUT2D eigenvalue weighted by atomic mass is 19.4. The van der Waals surface area contributed by atoms with Gasteiger partial charge in [0.15, 0.2) is 0 Å². The van der Waals surface area contributed by atoms with Crippen molar-refractivity contribution in [1.29, 1.82) is 0 Å². The zero-order chi connectivity index (χ0) is 54.8. The van der Waals surface area contributed by atoms with Gasteiger partial charge in [0.1, 0.15) is 13.2 Å². The number of halogens is 3. The standard InChI is InChI=1S/C30H35N3O3.C26H23F3N2O3.C6H14/c1-4-9-20(2)31-29(34)32-21(3)18-22-14-16-23(17-15-22)33-30(35)36-19-28-26-12-7-5-10-24(26)25-11-6-8-13-27(25)28;1-16(30-24(32)26(27,28)29)14-17-10-12-18(13-11-17)31-25(33)34-15-23-21-8-4-2-6-19(21)20-7-3-5-9-22(20)23;1-4-5-6(2)3/h5-8,10-17,20-21,28H,4,9,18-19H2,1-3H3,(H,33,35)(H2,31,32,34);2-13,16,23H,14-15H2,1H3,(H,30,32)(H,31,33);6H,4-5H2,1-3H3/t20-,21-;16-;/m11./s1. The van der Waals surface area contributed by atoms with Gasteiger partial charge in [-0.1, -0.05) is 168 Å². The van der Waals surface area contributed by atoms with E-state index >= 15 is 0 Å². The van der Waals surface area contributed by atoms with Crippen LogP contribution in [0.25, 0.3) is 22.3 Å². The second-order valence-corrected chi connectivity index (χ2v) is 20.0. The number of urea groups is 1. The summed E-state index contributed by atoms with van der Waals surface area (Å²) >= 11 is 0. The number of anilines is 2. The molecule has 0 unspecified atom stereocenters. The number of carbonyl (C=O) groups is 4. The van der Waals surface area contributed by atoms with Crippen LogP contribution in [0.5, 0.6) is 0 Å². The Morgan fingerprint density at radius 1 is 0.474 bits per heavy atom. The van der Waals surface area contributed by atoms with E-state index in [0.717, 1.165) is 46.6 Å². The molecule has 14 heteroatoms. The number of hydrogen-bond donors (Lipinski definition) is 5. The highest BCUT2D eigenvalue weighted by Gasteiger charge is 2.39. The van der Waals surface area contributed by atoms with E-state index in [9.17, 15) is 32.3 Å². The van der Waals surface area contributed by atoms with E-state index in [2.05, 4.69) is 85.4 Å². The van der Waals surface area contributed by atoms with Gasteiger partial charge in [-0.2, -0.15) is 13.2 Å². The Morgan fingerprint density at radius 2 is 0.816 bits per heavy atom. The van der Waals surface area contributed by atoms with E-state index in [0.29, 0.717) is 23.4 Å². The van der Waals surface area contributed by atoms with Crippen LogP contribution in [0.3, 0.4) is 0 Å². The molecule has 0 aromatic heterocycles. The molecule has 402 valence electrons. The van der Waals surface area contributed by atoms with Crippen LogP contribution >= 0.6 is 0 Å². The van der Waals surface area contributed by atoms with Crippen LogP contribution < -0.4 is 26.6 Å². The van der Waals surface area contributed by atoms with Crippen molar-refractivity contribution >= 4 is 35.5 Å². The number of rotatable bonds is 17. The zero-order valence-electron chi connectivity index (χ0n) is 44.6. The number of nitrogens with one attached hydrogen (secondary N) is 5. The van der Waals surface area contributed by atoms with E-state index in [4.69, 9.17) is 9.47 Å². The van der Waals surface area contributed by atoms with Crippen molar-refractivity contribution < 1.29 is 41.8 Å². The van der Waals surface area contributed by atoms with E-state index in [1.54, 1.807) is 24.3 Å². The number of fused-ring (bicyclic) bond motifs is 6. The van der Waals surface area contributed by atoms with Crippen molar-refractivity contribution in [3.05, 3.63) is 179 Å². The third kappa shape index (κ3) is 16.7. The number of carbonyl (C=O) groups excluding carboxylic acids is 4. The lowest BCUT2D eigenvalue weighted by atomic mass is 9.98. The summed E-state index contributed by atoms with van der Waals surface area (Å²) in [6.45, 7) is 14.8. The third-order valence-corrected chi connectivity index (χ3v) is 13.1. The molecule has 0 saturated heterocycles. The molecule has 8 rings (SSSR count). The maximum atomic E-state index is 12.5. The highest BCUT2D eigenvalue weighted by Crippen LogP contribution is 2.46. The van der Waals surface area contributed by atoms with Crippen LogP contribution in [-0.2, 0) is 27.1 Å². The fourth-order valence-corrected chi connectivity index (χ4v) is 9.64. The predicted molar refractivity (Wildman–Crippen MR) is 297 cm³/mol. The van der Waals surface area contributed by atoms with Crippen molar-refractivity contribution in [2.24, 2.45) is 5.92 Å². The van der Waals surface area contributed by atoms with Crippen LogP contribution in [-0.4, -0.2) is 61.6 Å². The van der Waals surface area contributed by atoms with Crippen LogP contribution in [0.4, 0.5) is 38.9 Å². The second kappa shape index (κ2) is 27.8. The summed E-state index contributed by atoms with van der Waals surface area (Å²) in [7, 11) is 0. The van der Waals surface area contributed by atoms with E-state index in [-0.39, 0.29) is 49.6 Å². The first kappa shape index (κ1) is 57.7. The number of alkyl halides is 3. The lowest BCUT2D eigenvalue weighted by molar-refractivity contribution is -0.174. The van der Waals surface area contributed by atoms with Gasteiger partial charge in [0.05, 0.1) is 0 Å². The number of hydrogen-bond acceptors (Lipinski definition) is 6. The molecule has 6 aromatic rings. The van der Waals surface area contributed by atoms with Crippen molar-refractivity contribution in [3.8, 4) is 22.3 Å². The molecule has 0 spiro atoms. The van der Waals surface area contributed by atoms with Crippen molar-refractivity contribution in [2.45, 2.75) is 123 Å². The molecular weight excluding hydrogens is 968 g/mol. The molecule has 2 aliphatic carbocycles. The molecule has 6 aromatic carbocycles. The summed E-state index contributed by atoms with van der Waals surface area (Å²) in [5.74, 6) is -1.08. The number of amides is 5. The van der Waals surface area contributed by atoms with Gasteiger partial charge in [0, 0.05) is 41.3 Å². The number of benzene rings is 6. The first-order valence-corrected chi connectivity index (χ1v) is 26.3. The molecule has 11 nitrogen and oxygen atoms in total. The van der Waals surface area contributed by atoms with Gasteiger partial charge in [-0.25, -0.2) is 14.4 Å². The summed E-state index contributed by atoms with van der Waals surface area (Å²) in [5.41, 5.74) is 12.3. The summed E-state index contributed by atoms with van der Waals surface area (Å²) in [6, 6.07) is 46.2. The molecule has 0 aliphatic heterocycles. The quantitative estimate of drug-likeness (QED) is 0.0615. The third-order valence-electron chi connectivity index (χ3n) is 13.1. The maximum absolute atomic E-state index is 12.5. The largest absolute Gasteiger partial charge is 0.471 e. The lowest BCUT2D eigenvalue weighted by Crippen LogP contribution is -2.45. The average Bonchev–Trinajstić information content (AvgIpc) is 3.90. The SMILES string of the molecule is CCCC(C)C.CCC[C@@H](C)NC(=O)N[C@H](C)Cc1ccc(NC(=O)OCC2c3ccccc3-c3ccccc32)cc1.C[C@H](Cc1ccc(NC(=O)OCC2c3ccccc3-c3ccccc32)cc1)NC(=O)C(F)(F)F. The molecule has 5 amide bonds.